The normalized spacial score (nSPS) is 15.5. The van der Waals surface area contributed by atoms with Crippen molar-refractivity contribution in [1.29, 1.82) is 0 Å². The Morgan fingerprint density at radius 1 is 1.31 bits per heavy atom. The van der Waals surface area contributed by atoms with Crippen molar-refractivity contribution in [1.82, 2.24) is 9.78 Å². The Morgan fingerprint density at radius 3 is 3.00 bits per heavy atom. The molecule has 1 aliphatic heterocycles. The average Bonchev–Trinajstić information content (AvgIpc) is 3.08. The summed E-state index contributed by atoms with van der Waals surface area (Å²) in [7, 11) is 0. The lowest BCUT2D eigenvalue weighted by atomic mass is 10.2. The Balaban J connectivity index is 1.39. The van der Waals surface area contributed by atoms with E-state index in [1.807, 2.05) is 24.3 Å². The summed E-state index contributed by atoms with van der Waals surface area (Å²) < 4.78 is 13.8. The number of ether oxygens (including phenoxy) is 2. The van der Waals surface area contributed by atoms with Crippen LogP contribution in [-0.2, 0) is 6.54 Å². The first-order valence-electron chi connectivity index (χ1n) is 8.08. The third kappa shape index (κ3) is 3.44. The highest BCUT2D eigenvalue weighted by Gasteiger charge is 2.21. The number of nitrogens with zero attached hydrogens (tertiary/aromatic N) is 3. The molecule has 0 radical (unpaired) electrons. The van der Waals surface area contributed by atoms with Crippen LogP contribution in [0.2, 0.25) is 0 Å². The fraction of sp³-hybridized carbons (Fsp3) is 0.167. The van der Waals surface area contributed by atoms with Gasteiger partial charge in [-0.15, -0.1) is 0 Å². The van der Waals surface area contributed by atoms with Crippen LogP contribution in [0, 0.1) is 5.21 Å². The van der Waals surface area contributed by atoms with E-state index in [-0.39, 0.29) is 17.6 Å². The summed E-state index contributed by atoms with van der Waals surface area (Å²) in [5, 5.41) is 18.2. The minimum absolute atomic E-state index is 0.179. The first-order valence-corrected chi connectivity index (χ1v) is 8.08. The van der Waals surface area contributed by atoms with Gasteiger partial charge < -0.3 is 20.0 Å². The molecule has 132 valence electrons. The molecule has 1 aliphatic rings. The Labute approximate surface area is 149 Å². The summed E-state index contributed by atoms with van der Waals surface area (Å²) in [6.07, 6.45) is 5.60. The number of hydrogen-bond acceptors (Lipinski definition) is 5. The number of aromatic nitrogens is 3. The van der Waals surface area contributed by atoms with E-state index in [2.05, 4.69) is 10.4 Å². The molecule has 4 rings (SSSR count). The average molecular weight is 352 g/mol. The summed E-state index contributed by atoms with van der Waals surface area (Å²) in [4.78, 5) is 12.2. The molecule has 0 bridgehead atoms. The van der Waals surface area contributed by atoms with Gasteiger partial charge in [0, 0.05) is 12.3 Å². The molecular weight excluding hydrogens is 336 g/mol. The topological polar surface area (TPSA) is 92.3 Å². The van der Waals surface area contributed by atoms with Gasteiger partial charge in [-0.05, 0) is 18.2 Å². The van der Waals surface area contributed by atoms with Gasteiger partial charge >= 0.3 is 0 Å². The molecule has 0 saturated carbocycles. The lowest BCUT2D eigenvalue weighted by Crippen LogP contribution is -2.33. The molecule has 0 fully saturated rings. The van der Waals surface area contributed by atoms with Crippen molar-refractivity contribution in [2.45, 2.75) is 12.6 Å². The Bertz CT molecular complexity index is 940. The number of nitrogens with one attached hydrogen (secondary N) is 1. The van der Waals surface area contributed by atoms with E-state index in [1.165, 1.54) is 18.5 Å². The molecule has 1 aromatic carbocycles. The molecule has 1 amide bonds. The van der Waals surface area contributed by atoms with Gasteiger partial charge in [0.2, 0.25) is 0 Å². The van der Waals surface area contributed by atoms with E-state index in [9.17, 15) is 10.0 Å². The van der Waals surface area contributed by atoms with Gasteiger partial charge in [-0.2, -0.15) is 9.83 Å². The van der Waals surface area contributed by atoms with Gasteiger partial charge in [0.05, 0.1) is 18.4 Å². The summed E-state index contributed by atoms with van der Waals surface area (Å²) in [5.41, 5.74) is 0.810. The zero-order valence-corrected chi connectivity index (χ0v) is 13.7. The number of para-hydroxylation sites is 2. The number of anilines is 1. The number of amides is 1. The van der Waals surface area contributed by atoms with Gasteiger partial charge in [0.1, 0.15) is 12.2 Å². The largest absolute Gasteiger partial charge is 0.619 e. The molecule has 0 saturated heterocycles. The van der Waals surface area contributed by atoms with Crippen molar-refractivity contribution >= 4 is 11.6 Å². The Hall–Kier alpha value is -3.55. The summed E-state index contributed by atoms with van der Waals surface area (Å²) in [6, 6.07) is 10.6. The maximum absolute atomic E-state index is 12.2. The van der Waals surface area contributed by atoms with Crippen molar-refractivity contribution in [3.05, 3.63) is 72.0 Å². The van der Waals surface area contributed by atoms with Crippen LogP contribution >= 0.6 is 0 Å². The highest BCUT2D eigenvalue weighted by Crippen LogP contribution is 2.31. The highest BCUT2D eigenvalue weighted by molar-refractivity contribution is 6.03. The fourth-order valence-electron chi connectivity index (χ4n) is 2.68. The number of fused-ring (bicyclic) bond motifs is 1. The molecule has 3 aromatic rings. The third-order valence-corrected chi connectivity index (χ3v) is 3.89. The second kappa shape index (κ2) is 6.75. The molecular formula is C18H16N4O4. The van der Waals surface area contributed by atoms with E-state index in [1.54, 1.807) is 23.1 Å². The van der Waals surface area contributed by atoms with Crippen LogP contribution in [0.3, 0.4) is 0 Å². The molecule has 2 aromatic heterocycles. The molecule has 3 heterocycles. The minimum atomic E-state index is -0.374. The number of carbonyl (C=O) groups excluding carboxylic acids is 1. The second-order valence-electron chi connectivity index (χ2n) is 5.86. The fourth-order valence-corrected chi connectivity index (χ4v) is 2.68. The van der Waals surface area contributed by atoms with E-state index in [4.69, 9.17) is 9.47 Å². The van der Waals surface area contributed by atoms with Gasteiger partial charge in [0.25, 0.3) is 5.91 Å². The smallest absolute Gasteiger partial charge is 0.261 e. The van der Waals surface area contributed by atoms with Gasteiger partial charge in [-0.25, -0.2) is 0 Å². The van der Waals surface area contributed by atoms with Gasteiger partial charge in [-0.3, -0.25) is 9.48 Å². The van der Waals surface area contributed by atoms with Crippen LogP contribution in [0.4, 0.5) is 5.69 Å². The Morgan fingerprint density at radius 2 is 2.15 bits per heavy atom. The molecule has 1 N–H and O–H groups in total. The van der Waals surface area contributed by atoms with E-state index in [0.29, 0.717) is 29.3 Å². The number of pyridine rings is 1. The lowest BCUT2D eigenvalue weighted by Gasteiger charge is -2.26. The molecule has 1 atom stereocenters. The maximum atomic E-state index is 12.2. The van der Waals surface area contributed by atoms with Crippen molar-refractivity contribution in [2.24, 2.45) is 0 Å². The molecule has 26 heavy (non-hydrogen) atoms. The van der Waals surface area contributed by atoms with E-state index < -0.39 is 0 Å². The minimum Gasteiger partial charge on any atom is -0.619 e. The molecule has 8 heteroatoms. The quantitative estimate of drug-likeness (QED) is 0.569. The monoisotopic (exact) mass is 352 g/mol. The van der Waals surface area contributed by atoms with Gasteiger partial charge in [0.15, 0.2) is 30.0 Å². The maximum Gasteiger partial charge on any atom is 0.261 e. The van der Waals surface area contributed by atoms with Crippen LogP contribution in [0.1, 0.15) is 10.4 Å². The number of rotatable bonds is 4. The SMILES string of the molecule is O=C(Nc1cnn(CC2COc3ccccc3O2)c1)c1ccc[n+]([O-])c1. The third-order valence-electron chi connectivity index (χ3n) is 3.89. The summed E-state index contributed by atoms with van der Waals surface area (Å²) in [5.74, 6) is 1.07. The predicted molar refractivity (Wildman–Crippen MR) is 91.9 cm³/mol. The number of hydrogen-bond donors (Lipinski definition) is 1. The highest BCUT2D eigenvalue weighted by atomic mass is 16.6. The lowest BCUT2D eigenvalue weighted by molar-refractivity contribution is -0.605. The summed E-state index contributed by atoms with van der Waals surface area (Å²) >= 11 is 0. The van der Waals surface area contributed by atoms with Crippen LogP contribution in [-0.4, -0.2) is 28.4 Å². The van der Waals surface area contributed by atoms with Crippen molar-refractivity contribution in [2.75, 3.05) is 11.9 Å². The molecule has 0 spiro atoms. The van der Waals surface area contributed by atoms with Crippen molar-refractivity contribution in [3.8, 4) is 11.5 Å². The van der Waals surface area contributed by atoms with Crippen LogP contribution in [0.15, 0.2) is 61.2 Å². The first kappa shape index (κ1) is 15.9. The molecule has 0 aliphatic carbocycles. The van der Waals surface area contributed by atoms with Crippen LogP contribution in [0.5, 0.6) is 11.5 Å². The van der Waals surface area contributed by atoms with Crippen LogP contribution < -0.4 is 19.5 Å². The van der Waals surface area contributed by atoms with Gasteiger partial charge in [-0.1, -0.05) is 12.1 Å². The number of carbonyl (C=O) groups is 1. The second-order valence-corrected chi connectivity index (χ2v) is 5.86. The van der Waals surface area contributed by atoms with Crippen molar-refractivity contribution in [3.63, 3.8) is 0 Å². The molecule has 8 nitrogen and oxygen atoms in total. The Kier molecular flexibility index (Phi) is 4.14. The predicted octanol–water partition coefficient (Wildman–Crippen LogP) is 1.61. The number of benzene rings is 1. The van der Waals surface area contributed by atoms with Crippen LogP contribution in [0.25, 0.3) is 0 Å². The standard InChI is InChI=1S/C18H16N4O4/c23-18(13-4-3-7-22(24)9-13)20-14-8-19-21(10-14)11-15-12-25-16-5-1-2-6-17(16)26-15/h1-10,15H,11-12H2,(H,20,23). The van der Waals surface area contributed by atoms with Crippen molar-refractivity contribution < 1.29 is 19.0 Å². The zero-order chi connectivity index (χ0) is 17.9. The van der Waals surface area contributed by atoms with E-state index in [0.717, 1.165) is 5.75 Å². The van der Waals surface area contributed by atoms with E-state index >= 15 is 0 Å². The summed E-state index contributed by atoms with van der Waals surface area (Å²) in [6.45, 7) is 0.905. The zero-order valence-electron chi connectivity index (χ0n) is 13.7. The molecule has 1 unspecified atom stereocenters. The first-order chi connectivity index (χ1) is 12.7.